The maximum atomic E-state index is 14.1. The first-order valence-corrected chi connectivity index (χ1v) is 13.6. The van der Waals surface area contributed by atoms with Gasteiger partial charge in [0.15, 0.2) is 0 Å². The van der Waals surface area contributed by atoms with Gasteiger partial charge in [0.2, 0.25) is 5.88 Å². The summed E-state index contributed by atoms with van der Waals surface area (Å²) in [6, 6.07) is 24.9. The van der Waals surface area contributed by atoms with Crippen LogP contribution in [0.25, 0.3) is 22.3 Å². The van der Waals surface area contributed by atoms with E-state index in [1.54, 1.807) is 18.2 Å². The molecule has 39 heavy (non-hydrogen) atoms. The average molecular weight is 542 g/mol. The molecule has 0 amide bonds. The molecule has 1 atom stereocenters. The molecule has 6 rings (SSSR count). The molecule has 3 aromatic carbocycles. The van der Waals surface area contributed by atoms with Crippen molar-refractivity contribution in [2.24, 2.45) is 0 Å². The summed E-state index contributed by atoms with van der Waals surface area (Å²) < 4.78 is 28.2. The van der Waals surface area contributed by atoms with Crippen molar-refractivity contribution in [3.63, 3.8) is 0 Å². The van der Waals surface area contributed by atoms with Gasteiger partial charge >= 0.3 is 0 Å². The molecule has 3 heterocycles. The Kier molecular flexibility index (Phi) is 7.31. The lowest BCUT2D eigenvalue weighted by Gasteiger charge is -2.15. The zero-order valence-electron chi connectivity index (χ0n) is 21.7. The van der Waals surface area contributed by atoms with Gasteiger partial charge in [-0.15, -0.1) is 0 Å². The molecular formula is C32H29ClFN3O2. The molecule has 5 nitrogen and oxygen atoms in total. The van der Waals surface area contributed by atoms with Crippen molar-refractivity contribution in [2.75, 3.05) is 6.61 Å². The van der Waals surface area contributed by atoms with Gasteiger partial charge in [-0.05, 0) is 67.3 Å². The lowest BCUT2D eigenvalue weighted by Crippen LogP contribution is -2.17. The lowest BCUT2D eigenvalue weighted by atomic mass is 10.0. The van der Waals surface area contributed by atoms with Crippen LogP contribution in [-0.4, -0.2) is 27.2 Å². The Bertz CT molecular complexity index is 1630. The number of pyridine rings is 1. The molecular weight excluding hydrogens is 513 g/mol. The van der Waals surface area contributed by atoms with Crippen LogP contribution in [0, 0.1) is 12.7 Å². The molecule has 5 aromatic rings. The second kappa shape index (κ2) is 11.2. The normalized spacial score (nSPS) is 15.2. The molecule has 0 saturated carbocycles. The van der Waals surface area contributed by atoms with E-state index in [0.29, 0.717) is 16.5 Å². The number of aromatic nitrogens is 3. The van der Waals surface area contributed by atoms with Crippen molar-refractivity contribution in [3.8, 4) is 17.1 Å². The quantitative estimate of drug-likeness (QED) is 0.203. The van der Waals surface area contributed by atoms with Crippen LogP contribution in [0.3, 0.4) is 0 Å². The van der Waals surface area contributed by atoms with E-state index in [1.165, 1.54) is 17.2 Å². The van der Waals surface area contributed by atoms with Crippen LogP contribution in [0.2, 0.25) is 5.02 Å². The number of para-hydroxylation sites is 2. The van der Waals surface area contributed by atoms with Crippen LogP contribution in [0.15, 0.2) is 78.9 Å². The highest BCUT2D eigenvalue weighted by molar-refractivity contribution is 6.30. The molecule has 0 N–H and O–H groups in total. The second-order valence-electron chi connectivity index (χ2n) is 9.97. The summed E-state index contributed by atoms with van der Waals surface area (Å²) in [6.45, 7) is 3.86. The molecule has 1 unspecified atom stereocenters. The fourth-order valence-electron chi connectivity index (χ4n) is 5.13. The van der Waals surface area contributed by atoms with Crippen molar-refractivity contribution in [3.05, 3.63) is 112 Å². The molecule has 1 saturated heterocycles. The Labute approximate surface area is 232 Å². The number of nitrogens with zero attached hydrogens (tertiary/aromatic N) is 3. The number of hydrogen-bond acceptors (Lipinski definition) is 4. The third-order valence-corrected chi connectivity index (χ3v) is 7.48. The van der Waals surface area contributed by atoms with Crippen LogP contribution >= 0.6 is 11.6 Å². The summed E-state index contributed by atoms with van der Waals surface area (Å²) in [5, 5.41) is 0.357. The Morgan fingerprint density at radius 1 is 1.00 bits per heavy atom. The first kappa shape index (κ1) is 25.5. The summed E-state index contributed by atoms with van der Waals surface area (Å²) >= 11 is 5.85. The fraction of sp³-hybridized carbons (Fsp3) is 0.250. The molecule has 198 valence electrons. The van der Waals surface area contributed by atoms with Gasteiger partial charge in [-0.2, -0.15) is 0 Å². The number of aryl methyl sites for hydroxylation is 1. The first-order valence-electron chi connectivity index (χ1n) is 13.2. The zero-order valence-corrected chi connectivity index (χ0v) is 22.5. The summed E-state index contributed by atoms with van der Waals surface area (Å²) in [7, 11) is 0. The molecule has 0 bridgehead atoms. The third-order valence-electron chi connectivity index (χ3n) is 7.24. The van der Waals surface area contributed by atoms with Gasteiger partial charge in [0.25, 0.3) is 0 Å². The van der Waals surface area contributed by atoms with E-state index in [1.807, 2.05) is 18.2 Å². The van der Waals surface area contributed by atoms with Gasteiger partial charge in [-0.3, -0.25) is 0 Å². The predicted molar refractivity (Wildman–Crippen MR) is 152 cm³/mol. The molecule has 0 radical (unpaired) electrons. The number of fused-ring (bicyclic) bond motifs is 1. The van der Waals surface area contributed by atoms with Crippen LogP contribution in [0.1, 0.15) is 35.4 Å². The SMILES string of the molecule is Cc1cc(-c2cccc(OCc3ccc(Cl)cc3F)n2)ccc1Cc1nc2ccccc2n1CC1CCCO1. The van der Waals surface area contributed by atoms with E-state index in [2.05, 4.69) is 52.9 Å². The molecule has 1 fully saturated rings. The minimum Gasteiger partial charge on any atom is -0.473 e. The summed E-state index contributed by atoms with van der Waals surface area (Å²) in [6.07, 6.45) is 3.17. The van der Waals surface area contributed by atoms with E-state index in [-0.39, 0.29) is 12.7 Å². The summed E-state index contributed by atoms with van der Waals surface area (Å²) in [4.78, 5) is 9.64. The number of imidazole rings is 1. The van der Waals surface area contributed by atoms with Crippen molar-refractivity contribution < 1.29 is 13.9 Å². The monoisotopic (exact) mass is 541 g/mol. The summed E-state index contributed by atoms with van der Waals surface area (Å²) in [5.74, 6) is 1.09. The lowest BCUT2D eigenvalue weighted by molar-refractivity contribution is 0.0973. The van der Waals surface area contributed by atoms with Crippen molar-refractivity contribution in [2.45, 2.75) is 45.4 Å². The zero-order chi connectivity index (χ0) is 26.8. The van der Waals surface area contributed by atoms with Crippen LogP contribution in [-0.2, 0) is 24.3 Å². The minimum atomic E-state index is -0.394. The van der Waals surface area contributed by atoms with Crippen LogP contribution < -0.4 is 4.74 Å². The second-order valence-corrected chi connectivity index (χ2v) is 10.4. The Morgan fingerprint density at radius 2 is 1.87 bits per heavy atom. The Balaban J connectivity index is 1.21. The van der Waals surface area contributed by atoms with Gasteiger partial charge in [-0.25, -0.2) is 14.4 Å². The predicted octanol–water partition coefficient (Wildman–Crippen LogP) is 7.55. The van der Waals surface area contributed by atoms with E-state index < -0.39 is 5.82 Å². The van der Waals surface area contributed by atoms with Crippen molar-refractivity contribution in [1.82, 2.24) is 14.5 Å². The first-order chi connectivity index (χ1) is 19.0. The van der Waals surface area contributed by atoms with Gasteiger partial charge in [0.05, 0.1) is 29.4 Å². The average Bonchev–Trinajstić information content (AvgIpc) is 3.58. The molecule has 2 aromatic heterocycles. The minimum absolute atomic E-state index is 0.0737. The van der Waals surface area contributed by atoms with E-state index in [9.17, 15) is 4.39 Å². The van der Waals surface area contributed by atoms with Crippen LogP contribution in [0.4, 0.5) is 4.39 Å². The highest BCUT2D eigenvalue weighted by Gasteiger charge is 2.20. The van der Waals surface area contributed by atoms with Gasteiger partial charge < -0.3 is 14.0 Å². The van der Waals surface area contributed by atoms with Crippen LogP contribution in [0.5, 0.6) is 5.88 Å². The van der Waals surface area contributed by atoms with Gasteiger partial charge in [0, 0.05) is 35.2 Å². The Morgan fingerprint density at radius 3 is 2.69 bits per heavy atom. The van der Waals surface area contributed by atoms with Crippen molar-refractivity contribution in [1.29, 1.82) is 0 Å². The molecule has 0 spiro atoms. The number of hydrogen-bond donors (Lipinski definition) is 0. The largest absolute Gasteiger partial charge is 0.473 e. The van der Waals surface area contributed by atoms with E-state index >= 15 is 0 Å². The molecule has 0 aliphatic carbocycles. The molecule has 7 heteroatoms. The van der Waals surface area contributed by atoms with Gasteiger partial charge in [-0.1, -0.05) is 48.0 Å². The van der Waals surface area contributed by atoms with Gasteiger partial charge in [0.1, 0.15) is 18.2 Å². The third kappa shape index (κ3) is 5.68. The van der Waals surface area contributed by atoms with Crippen molar-refractivity contribution >= 4 is 22.6 Å². The maximum absolute atomic E-state index is 14.1. The number of ether oxygens (including phenoxy) is 2. The highest BCUT2D eigenvalue weighted by atomic mass is 35.5. The summed E-state index contributed by atoms with van der Waals surface area (Å²) in [5.41, 5.74) is 6.76. The van der Waals surface area contributed by atoms with E-state index in [0.717, 1.165) is 60.5 Å². The highest BCUT2D eigenvalue weighted by Crippen LogP contribution is 2.27. The number of benzene rings is 3. The Hall–Kier alpha value is -3.74. The number of rotatable bonds is 8. The fourth-order valence-corrected chi connectivity index (χ4v) is 5.29. The molecule has 1 aliphatic heterocycles. The number of halogens is 2. The molecule has 1 aliphatic rings. The standard InChI is InChI=1S/C32H29ClFN3O2/c1-21-16-23(28-8-4-10-32(36-28)39-20-24-13-14-25(33)18-27(24)34)12-11-22(21)17-31-35-29-7-2-3-9-30(29)37(31)19-26-6-5-15-38-26/h2-4,7-14,16,18,26H,5-6,15,17,19-20H2,1H3. The van der Waals surface area contributed by atoms with E-state index in [4.69, 9.17) is 26.1 Å². The smallest absolute Gasteiger partial charge is 0.214 e. The topological polar surface area (TPSA) is 49.2 Å². The maximum Gasteiger partial charge on any atom is 0.214 e.